The van der Waals surface area contributed by atoms with Crippen molar-refractivity contribution in [1.82, 2.24) is 14.9 Å². The number of benzene rings is 2. The van der Waals surface area contributed by atoms with Crippen LogP contribution in [0.3, 0.4) is 0 Å². The molecule has 0 saturated heterocycles. The molecule has 1 heterocycles. The van der Waals surface area contributed by atoms with Crippen LogP contribution in [-0.2, 0) is 26.2 Å². The standard InChI is InChI=1S/C21H17F4N3O3/c1-28-16(10-12-6-2-4-8-14(12)21(23,24)25)27-17(18(29)20(28)31)19(30)26-11-13-7-3-5-9-15(13)22/h2-9,29H,10-11H2,1H3,(H,26,30). The van der Waals surface area contributed by atoms with Crippen LogP contribution in [0.15, 0.2) is 53.3 Å². The molecule has 0 aliphatic heterocycles. The van der Waals surface area contributed by atoms with E-state index in [1.54, 1.807) is 6.07 Å². The molecule has 0 bridgehead atoms. The molecule has 3 rings (SSSR count). The molecule has 0 aliphatic carbocycles. The number of hydrogen-bond acceptors (Lipinski definition) is 4. The summed E-state index contributed by atoms with van der Waals surface area (Å²) in [6, 6.07) is 10.4. The van der Waals surface area contributed by atoms with E-state index in [0.717, 1.165) is 10.6 Å². The molecule has 0 atom stereocenters. The van der Waals surface area contributed by atoms with Gasteiger partial charge in [-0.2, -0.15) is 13.2 Å². The van der Waals surface area contributed by atoms with Crippen LogP contribution in [0.5, 0.6) is 5.75 Å². The normalized spacial score (nSPS) is 11.4. The van der Waals surface area contributed by atoms with Crippen molar-refractivity contribution in [3.63, 3.8) is 0 Å². The zero-order valence-corrected chi connectivity index (χ0v) is 16.2. The van der Waals surface area contributed by atoms with Crippen LogP contribution in [0.1, 0.15) is 33.0 Å². The van der Waals surface area contributed by atoms with E-state index in [0.29, 0.717) is 0 Å². The number of nitrogens with one attached hydrogen (secondary N) is 1. The highest BCUT2D eigenvalue weighted by atomic mass is 19.4. The summed E-state index contributed by atoms with van der Waals surface area (Å²) in [5.41, 5.74) is -2.54. The number of hydrogen-bond donors (Lipinski definition) is 2. The maximum atomic E-state index is 13.7. The van der Waals surface area contributed by atoms with Gasteiger partial charge in [0.05, 0.1) is 5.56 Å². The number of halogens is 4. The van der Waals surface area contributed by atoms with E-state index < -0.39 is 46.9 Å². The van der Waals surface area contributed by atoms with E-state index in [9.17, 15) is 32.3 Å². The van der Waals surface area contributed by atoms with Crippen LogP contribution in [0.2, 0.25) is 0 Å². The van der Waals surface area contributed by atoms with Crippen molar-refractivity contribution in [3.05, 3.63) is 92.9 Å². The number of amides is 1. The molecule has 162 valence electrons. The highest BCUT2D eigenvalue weighted by Crippen LogP contribution is 2.32. The Labute approximate surface area is 173 Å². The number of aromatic hydroxyl groups is 1. The number of rotatable bonds is 5. The van der Waals surface area contributed by atoms with Crippen molar-refractivity contribution < 1.29 is 27.5 Å². The lowest BCUT2D eigenvalue weighted by atomic mass is 10.0. The lowest BCUT2D eigenvalue weighted by Crippen LogP contribution is -2.30. The van der Waals surface area contributed by atoms with Gasteiger partial charge in [-0.15, -0.1) is 0 Å². The fraction of sp³-hybridized carbons (Fsp3) is 0.190. The molecule has 0 aliphatic rings. The minimum absolute atomic E-state index is 0.152. The fourth-order valence-electron chi connectivity index (χ4n) is 2.97. The van der Waals surface area contributed by atoms with Crippen molar-refractivity contribution in [2.24, 2.45) is 7.05 Å². The maximum absolute atomic E-state index is 13.7. The van der Waals surface area contributed by atoms with Gasteiger partial charge in [-0.3, -0.25) is 14.2 Å². The molecule has 31 heavy (non-hydrogen) atoms. The maximum Gasteiger partial charge on any atom is 0.416 e. The first-order valence-corrected chi connectivity index (χ1v) is 9.05. The van der Waals surface area contributed by atoms with Gasteiger partial charge < -0.3 is 10.4 Å². The first kappa shape index (κ1) is 22.0. The van der Waals surface area contributed by atoms with Crippen LogP contribution >= 0.6 is 0 Å². The lowest BCUT2D eigenvalue weighted by Gasteiger charge is -2.15. The van der Waals surface area contributed by atoms with E-state index in [1.165, 1.54) is 43.4 Å². The Morgan fingerprint density at radius 2 is 1.71 bits per heavy atom. The summed E-state index contributed by atoms with van der Waals surface area (Å²) in [5, 5.41) is 12.4. The van der Waals surface area contributed by atoms with Crippen LogP contribution < -0.4 is 10.9 Å². The lowest BCUT2D eigenvalue weighted by molar-refractivity contribution is -0.138. The number of aromatic nitrogens is 2. The van der Waals surface area contributed by atoms with Crippen LogP contribution in [0.4, 0.5) is 17.6 Å². The summed E-state index contributed by atoms with van der Waals surface area (Å²) in [4.78, 5) is 28.7. The summed E-state index contributed by atoms with van der Waals surface area (Å²) in [5.74, 6) is -2.64. The Morgan fingerprint density at radius 3 is 2.35 bits per heavy atom. The first-order chi connectivity index (χ1) is 14.6. The van der Waals surface area contributed by atoms with Gasteiger partial charge in [0.15, 0.2) is 5.69 Å². The Morgan fingerprint density at radius 1 is 1.10 bits per heavy atom. The minimum Gasteiger partial charge on any atom is -0.501 e. The number of carbonyl (C=O) groups is 1. The average Bonchev–Trinajstić information content (AvgIpc) is 2.73. The van der Waals surface area contributed by atoms with E-state index in [1.807, 2.05) is 0 Å². The molecule has 6 nitrogen and oxygen atoms in total. The molecule has 0 saturated carbocycles. The second kappa shape index (κ2) is 8.58. The number of carbonyl (C=O) groups excluding carboxylic acids is 1. The predicted molar refractivity (Wildman–Crippen MR) is 103 cm³/mol. The third-order valence-electron chi connectivity index (χ3n) is 4.64. The molecule has 2 aromatic carbocycles. The Hall–Kier alpha value is -3.69. The van der Waals surface area contributed by atoms with Gasteiger partial charge >= 0.3 is 6.18 Å². The average molecular weight is 435 g/mol. The summed E-state index contributed by atoms with van der Waals surface area (Å²) in [6.45, 7) is -0.242. The van der Waals surface area contributed by atoms with Crippen molar-refractivity contribution in [2.75, 3.05) is 0 Å². The zero-order chi connectivity index (χ0) is 22.8. The highest BCUT2D eigenvalue weighted by molar-refractivity contribution is 5.94. The van der Waals surface area contributed by atoms with Gasteiger partial charge in [-0.05, 0) is 17.7 Å². The summed E-state index contributed by atoms with van der Waals surface area (Å²) >= 11 is 0. The SMILES string of the molecule is Cn1c(Cc2ccccc2C(F)(F)F)nc(C(=O)NCc2ccccc2F)c(O)c1=O. The van der Waals surface area contributed by atoms with Gasteiger partial charge in [0.1, 0.15) is 11.6 Å². The molecular weight excluding hydrogens is 418 g/mol. The largest absolute Gasteiger partial charge is 0.501 e. The van der Waals surface area contributed by atoms with Crippen LogP contribution in [0.25, 0.3) is 0 Å². The zero-order valence-electron chi connectivity index (χ0n) is 16.2. The molecule has 10 heteroatoms. The predicted octanol–water partition coefficient (Wildman–Crippen LogP) is 3.16. The smallest absolute Gasteiger partial charge is 0.416 e. The molecule has 0 fully saturated rings. The second-order valence-corrected chi connectivity index (χ2v) is 6.70. The second-order valence-electron chi connectivity index (χ2n) is 6.70. The summed E-state index contributed by atoms with van der Waals surface area (Å²) in [6.07, 6.45) is -5.03. The number of nitrogens with zero attached hydrogens (tertiary/aromatic N) is 2. The van der Waals surface area contributed by atoms with Gasteiger partial charge in [-0.25, -0.2) is 9.37 Å². The van der Waals surface area contributed by atoms with Crippen LogP contribution in [0, 0.1) is 5.82 Å². The van der Waals surface area contributed by atoms with Crippen molar-refractivity contribution in [3.8, 4) is 5.75 Å². The molecule has 0 spiro atoms. The molecular formula is C21H17F4N3O3. The van der Waals surface area contributed by atoms with Crippen LogP contribution in [-0.4, -0.2) is 20.6 Å². The monoisotopic (exact) mass is 435 g/mol. The Bertz CT molecular complexity index is 1190. The Kier molecular flexibility index (Phi) is 6.09. The summed E-state index contributed by atoms with van der Waals surface area (Å²) in [7, 11) is 1.22. The molecule has 0 unspecified atom stereocenters. The number of alkyl halides is 3. The molecule has 1 aromatic heterocycles. The summed E-state index contributed by atoms with van der Waals surface area (Å²) < 4.78 is 54.4. The quantitative estimate of drug-likeness (QED) is 0.603. The third kappa shape index (κ3) is 4.73. The fourth-order valence-corrected chi connectivity index (χ4v) is 2.97. The van der Waals surface area contributed by atoms with Crippen molar-refractivity contribution in [1.29, 1.82) is 0 Å². The van der Waals surface area contributed by atoms with E-state index in [2.05, 4.69) is 10.3 Å². The molecule has 3 aromatic rings. The molecule has 2 N–H and O–H groups in total. The van der Waals surface area contributed by atoms with Gasteiger partial charge in [-0.1, -0.05) is 36.4 Å². The topological polar surface area (TPSA) is 84.2 Å². The van der Waals surface area contributed by atoms with Gasteiger partial charge in [0.2, 0.25) is 5.75 Å². The first-order valence-electron chi connectivity index (χ1n) is 9.05. The van der Waals surface area contributed by atoms with E-state index in [4.69, 9.17) is 0 Å². The molecule has 1 amide bonds. The van der Waals surface area contributed by atoms with E-state index >= 15 is 0 Å². The minimum atomic E-state index is -4.62. The van der Waals surface area contributed by atoms with Crippen molar-refractivity contribution >= 4 is 5.91 Å². The van der Waals surface area contributed by atoms with E-state index in [-0.39, 0.29) is 23.5 Å². The molecule has 0 radical (unpaired) electrons. The highest BCUT2D eigenvalue weighted by Gasteiger charge is 2.33. The van der Waals surface area contributed by atoms with Gasteiger partial charge in [0, 0.05) is 25.6 Å². The van der Waals surface area contributed by atoms with Crippen molar-refractivity contribution in [2.45, 2.75) is 19.1 Å². The Balaban J connectivity index is 1.94. The third-order valence-corrected chi connectivity index (χ3v) is 4.64. The van der Waals surface area contributed by atoms with Gasteiger partial charge in [0.25, 0.3) is 11.5 Å².